The number of nitriles is 2. The molecule has 12 nitrogen and oxygen atoms in total. The molecule has 1 unspecified atom stereocenters. The zero-order chi connectivity index (χ0) is 24.3. The van der Waals surface area contributed by atoms with Gasteiger partial charge in [0, 0.05) is 11.3 Å². The number of hydrogen-bond donors (Lipinski definition) is 4. The predicted molar refractivity (Wildman–Crippen MR) is 116 cm³/mol. The number of primary amides is 1. The molecule has 1 aromatic carbocycles. The maximum Gasteiger partial charge on any atom is 0.435 e. The van der Waals surface area contributed by atoms with Gasteiger partial charge in [-0.3, -0.25) is 14.1 Å². The van der Waals surface area contributed by atoms with Gasteiger partial charge in [0.25, 0.3) is 0 Å². The minimum Gasteiger partial charge on any atom is -0.383 e. The molecule has 2 aromatic heterocycles. The van der Waals surface area contributed by atoms with E-state index in [-0.39, 0.29) is 33.2 Å². The summed E-state index contributed by atoms with van der Waals surface area (Å²) in [5, 5.41) is 23.7. The molecule has 3 aromatic rings. The van der Waals surface area contributed by atoms with Crippen molar-refractivity contribution in [1.29, 1.82) is 10.5 Å². The molecule has 0 aliphatic heterocycles. The quantitative estimate of drug-likeness (QED) is 0.293. The summed E-state index contributed by atoms with van der Waals surface area (Å²) in [5.74, 6) is -1.22. The molecular formula is C20H17N8O4S+. The van der Waals surface area contributed by atoms with E-state index in [1.54, 1.807) is 6.92 Å². The zero-order valence-corrected chi connectivity index (χ0v) is 18.2. The molecule has 0 radical (unpaired) electrons. The first-order valence-electron chi connectivity index (χ1n) is 9.26. The Kier molecular flexibility index (Phi) is 6.46. The second kappa shape index (κ2) is 9.25. The van der Waals surface area contributed by atoms with Crippen LogP contribution in [0.1, 0.15) is 28.4 Å². The number of H-pyrrole nitrogens is 1. The number of nitrogens with zero attached hydrogens (tertiary/aromatic N) is 4. The minimum absolute atomic E-state index is 0.0397. The first-order chi connectivity index (χ1) is 15.7. The molecule has 2 heterocycles. The van der Waals surface area contributed by atoms with Crippen LogP contribution in [-0.2, 0) is 11.8 Å². The number of carbonyl (C=O) groups is 2. The molecule has 0 spiro atoms. The third kappa shape index (κ3) is 4.53. The highest BCUT2D eigenvalue weighted by Crippen LogP contribution is 2.35. The SMILES string of the molecule is CC(Sc1nc(N)c(C#N)c(-c2c(=O)o[nH][n+]2C)c1C#N)C(=O)Nc1ccc(C(N)=O)cc1. The van der Waals surface area contributed by atoms with Gasteiger partial charge in [-0.25, -0.2) is 9.78 Å². The maximum atomic E-state index is 12.7. The first kappa shape index (κ1) is 23.1. The maximum absolute atomic E-state index is 12.7. The summed E-state index contributed by atoms with van der Waals surface area (Å²) in [7, 11) is 1.46. The van der Waals surface area contributed by atoms with Crippen LogP contribution in [-0.4, -0.2) is 27.3 Å². The van der Waals surface area contributed by atoms with Gasteiger partial charge in [-0.1, -0.05) is 16.4 Å². The summed E-state index contributed by atoms with van der Waals surface area (Å²) in [4.78, 5) is 40.2. The fourth-order valence-corrected chi connectivity index (χ4v) is 3.83. The van der Waals surface area contributed by atoms with Crippen LogP contribution in [0.4, 0.5) is 11.5 Å². The average Bonchev–Trinajstić information content (AvgIpc) is 3.11. The lowest BCUT2D eigenvalue weighted by Gasteiger charge is -2.14. The first-order valence-corrected chi connectivity index (χ1v) is 10.1. The Morgan fingerprint density at radius 1 is 1.24 bits per heavy atom. The average molecular weight is 465 g/mol. The number of benzene rings is 1. The molecule has 0 bridgehead atoms. The van der Waals surface area contributed by atoms with Gasteiger partial charge in [-0.2, -0.15) is 10.5 Å². The van der Waals surface area contributed by atoms with E-state index in [2.05, 4.69) is 15.6 Å². The van der Waals surface area contributed by atoms with Crippen LogP contribution in [0.15, 0.2) is 38.6 Å². The molecule has 0 saturated carbocycles. The summed E-state index contributed by atoms with van der Waals surface area (Å²) < 4.78 is 5.95. The van der Waals surface area contributed by atoms with Crippen LogP contribution in [0.3, 0.4) is 0 Å². The largest absolute Gasteiger partial charge is 0.435 e. The Labute approximate surface area is 190 Å². The molecule has 6 N–H and O–H groups in total. The number of amides is 2. The minimum atomic E-state index is -0.808. The van der Waals surface area contributed by atoms with Crippen LogP contribution in [0.2, 0.25) is 0 Å². The molecule has 1 atom stereocenters. The molecule has 2 amide bonds. The number of nitrogen functional groups attached to an aromatic ring is 1. The summed E-state index contributed by atoms with van der Waals surface area (Å²) in [5.41, 5.74) is 10.7. The number of carbonyl (C=O) groups excluding carboxylic acids is 2. The Balaban J connectivity index is 1.96. The van der Waals surface area contributed by atoms with Crippen LogP contribution in [0, 0.1) is 22.7 Å². The number of nitrogens with two attached hydrogens (primary N) is 2. The standard InChI is InChI=1S/C20H16N8O4S/c1-9(18(30)25-11-5-3-10(4-6-11)17(24)29)33-19-13(8-22)14(12(7-21)16(23)26-19)15-20(31)32-27-28(15)2/h3-6,9H,1-2H3,(H5-,23,24,25,26,27,29,30,31)/p+1. The summed E-state index contributed by atoms with van der Waals surface area (Å²) in [6, 6.07) is 9.81. The Bertz CT molecular complexity index is 1400. The Hall–Kier alpha value is -4.62. The van der Waals surface area contributed by atoms with Crippen molar-refractivity contribution in [1.82, 2.24) is 10.3 Å². The lowest BCUT2D eigenvalue weighted by atomic mass is 10.0. The molecule has 3 rings (SSSR count). The van der Waals surface area contributed by atoms with Crippen LogP contribution in [0.5, 0.6) is 0 Å². The molecule has 0 aliphatic rings. The van der Waals surface area contributed by atoms with Gasteiger partial charge in [-0.05, 0) is 36.5 Å². The van der Waals surface area contributed by atoms with Crippen molar-refractivity contribution in [3.8, 4) is 23.4 Å². The molecule has 0 saturated heterocycles. The molecular weight excluding hydrogens is 448 g/mol. The van der Waals surface area contributed by atoms with Crippen molar-refractivity contribution >= 4 is 35.1 Å². The number of aromatic nitrogens is 3. The van der Waals surface area contributed by atoms with Gasteiger partial charge in [0.15, 0.2) is 7.05 Å². The van der Waals surface area contributed by atoms with Crippen molar-refractivity contribution in [3.63, 3.8) is 0 Å². The van der Waals surface area contributed by atoms with Crippen molar-refractivity contribution in [2.75, 3.05) is 11.1 Å². The smallest absolute Gasteiger partial charge is 0.383 e. The number of aromatic amines is 1. The van der Waals surface area contributed by atoms with Gasteiger partial charge in [0.1, 0.15) is 34.1 Å². The van der Waals surface area contributed by atoms with E-state index in [4.69, 9.17) is 16.0 Å². The third-order valence-electron chi connectivity index (χ3n) is 4.55. The summed E-state index contributed by atoms with van der Waals surface area (Å²) in [6.45, 7) is 1.58. The van der Waals surface area contributed by atoms with Crippen molar-refractivity contribution in [3.05, 3.63) is 51.4 Å². The van der Waals surface area contributed by atoms with Gasteiger partial charge < -0.3 is 16.8 Å². The zero-order valence-electron chi connectivity index (χ0n) is 17.4. The van der Waals surface area contributed by atoms with E-state index in [0.717, 1.165) is 11.8 Å². The van der Waals surface area contributed by atoms with Crippen molar-refractivity contribution < 1.29 is 18.8 Å². The Morgan fingerprint density at radius 2 is 1.88 bits per heavy atom. The fraction of sp³-hybridized carbons (Fsp3) is 0.150. The van der Waals surface area contributed by atoms with Crippen molar-refractivity contribution in [2.24, 2.45) is 12.8 Å². The molecule has 0 aliphatic carbocycles. The monoisotopic (exact) mass is 465 g/mol. The highest BCUT2D eigenvalue weighted by atomic mass is 32.2. The number of rotatable bonds is 6. The fourth-order valence-electron chi connectivity index (χ4n) is 2.91. The lowest BCUT2D eigenvalue weighted by Crippen LogP contribution is -2.34. The van der Waals surface area contributed by atoms with E-state index in [0.29, 0.717) is 11.3 Å². The Morgan fingerprint density at radius 3 is 2.39 bits per heavy atom. The van der Waals surface area contributed by atoms with Crippen LogP contribution >= 0.6 is 11.8 Å². The topological polar surface area (TPSA) is 209 Å². The van der Waals surface area contributed by atoms with Gasteiger partial charge in [0.2, 0.25) is 11.8 Å². The van der Waals surface area contributed by atoms with Crippen LogP contribution in [0.25, 0.3) is 11.3 Å². The van der Waals surface area contributed by atoms with E-state index < -0.39 is 22.7 Å². The number of thioether (sulfide) groups is 1. The van der Waals surface area contributed by atoms with Gasteiger partial charge in [0.05, 0.1) is 10.8 Å². The lowest BCUT2D eigenvalue weighted by molar-refractivity contribution is -0.730. The molecule has 13 heteroatoms. The highest BCUT2D eigenvalue weighted by molar-refractivity contribution is 8.00. The number of nitrogens with one attached hydrogen (secondary N) is 2. The number of anilines is 2. The van der Waals surface area contributed by atoms with Gasteiger partial charge >= 0.3 is 11.3 Å². The molecule has 0 fully saturated rings. The van der Waals surface area contributed by atoms with Gasteiger partial charge in [-0.15, -0.1) is 0 Å². The number of pyridine rings is 1. The van der Waals surface area contributed by atoms with E-state index in [1.165, 1.54) is 36.0 Å². The highest BCUT2D eigenvalue weighted by Gasteiger charge is 2.32. The second-order valence-corrected chi connectivity index (χ2v) is 8.06. The molecule has 166 valence electrons. The van der Waals surface area contributed by atoms with Crippen molar-refractivity contribution in [2.45, 2.75) is 17.2 Å². The summed E-state index contributed by atoms with van der Waals surface area (Å²) >= 11 is 0.925. The number of hydrogen-bond acceptors (Lipinski definition) is 9. The third-order valence-corrected chi connectivity index (χ3v) is 5.64. The van der Waals surface area contributed by atoms with E-state index >= 15 is 0 Å². The van der Waals surface area contributed by atoms with E-state index in [1.807, 2.05) is 12.1 Å². The van der Waals surface area contributed by atoms with E-state index in [9.17, 15) is 24.9 Å². The molecule has 33 heavy (non-hydrogen) atoms. The second-order valence-electron chi connectivity index (χ2n) is 6.73. The van der Waals surface area contributed by atoms with Crippen LogP contribution < -0.4 is 27.1 Å². The normalized spacial score (nSPS) is 11.3. The number of aryl methyl sites for hydroxylation is 1. The predicted octanol–water partition coefficient (Wildman–Crippen LogP) is 0.398. The summed E-state index contributed by atoms with van der Waals surface area (Å²) in [6.07, 6.45) is 0.